The van der Waals surface area contributed by atoms with Gasteiger partial charge in [0.2, 0.25) is 0 Å². The molecule has 0 spiro atoms. The summed E-state index contributed by atoms with van der Waals surface area (Å²) in [6.07, 6.45) is 2.12. The van der Waals surface area contributed by atoms with E-state index in [1.165, 1.54) is 5.69 Å². The number of hydrogen-bond acceptors (Lipinski definition) is 2. The number of aromatic nitrogens is 2. The van der Waals surface area contributed by atoms with E-state index in [0.717, 1.165) is 6.61 Å². The zero-order valence-electron chi connectivity index (χ0n) is 5.24. The number of hydrogen-bond donors (Lipinski definition) is 0. The molecular formula is C6H8N2O. The van der Waals surface area contributed by atoms with Crippen molar-refractivity contribution in [2.75, 3.05) is 6.61 Å². The molecule has 0 unspecified atom stereocenters. The summed E-state index contributed by atoms with van der Waals surface area (Å²) < 4.78 is 6.92. The Hall–Kier alpha value is -0.830. The molecule has 2 heterocycles. The summed E-state index contributed by atoms with van der Waals surface area (Å²) in [5, 5.41) is 4.01. The molecule has 1 fully saturated rings. The Morgan fingerprint density at radius 2 is 2.67 bits per heavy atom. The molecule has 0 saturated carbocycles. The minimum Gasteiger partial charge on any atom is -0.366 e. The quantitative estimate of drug-likeness (QED) is 0.510. The van der Waals surface area contributed by atoms with Gasteiger partial charge in [-0.1, -0.05) is 0 Å². The molecular weight excluding hydrogens is 116 g/mol. The summed E-state index contributed by atoms with van der Waals surface area (Å²) in [6.45, 7) is 0.861. The molecule has 0 N–H and O–H groups in total. The van der Waals surface area contributed by atoms with Gasteiger partial charge in [0.1, 0.15) is 6.10 Å². The average molecular weight is 124 g/mol. The van der Waals surface area contributed by atoms with Crippen molar-refractivity contribution >= 4 is 0 Å². The van der Waals surface area contributed by atoms with Crippen molar-refractivity contribution < 1.29 is 4.74 Å². The largest absolute Gasteiger partial charge is 0.366 e. The minimum atomic E-state index is 0.331. The molecule has 1 aromatic rings. The van der Waals surface area contributed by atoms with E-state index in [-0.39, 0.29) is 0 Å². The van der Waals surface area contributed by atoms with Gasteiger partial charge in [0.25, 0.3) is 0 Å². The van der Waals surface area contributed by atoms with Crippen LogP contribution in [0.4, 0.5) is 0 Å². The van der Waals surface area contributed by atoms with Crippen LogP contribution >= 0.6 is 0 Å². The van der Waals surface area contributed by atoms with Gasteiger partial charge >= 0.3 is 0 Å². The number of ether oxygens (including phenoxy) is 1. The minimum absolute atomic E-state index is 0.331. The molecule has 9 heavy (non-hydrogen) atoms. The highest BCUT2D eigenvalue weighted by atomic mass is 16.6. The number of nitrogens with zero attached hydrogens (tertiary/aromatic N) is 2. The van der Waals surface area contributed by atoms with Gasteiger partial charge in [-0.05, 0) is 6.07 Å². The lowest BCUT2D eigenvalue weighted by molar-refractivity contribution is 0.404. The summed E-state index contributed by atoms with van der Waals surface area (Å²) in [5.41, 5.74) is 1.18. The van der Waals surface area contributed by atoms with Crippen LogP contribution in [-0.4, -0.2) is 16.4 Å². The smallest absolute Gasteiger partial charge is 0.122 e. The molecule has 1 saturated heterocycles. The third kappa shape index (κ3) is 0.733. The fourth-order valence-corrected chi connectivity index (χ4v) is 0.919. The first kappa shape index (κ1) is 4.99. The molecule has 1 aliphatic rings. The molecule has 1 aromatic heterocycles. The lowest BCUT2D eigenvalue weighted by atomic mass is 10.3. The van der Waals surface area contributed by atoms with Gasteiger partial charge in [-0.15, -0.1) is 0 Å². The van der Waals surface area contributed by atoms with Crippen molar-refractivity contribution in [1.82, 2.24) is 9.78 Å². The van der Waals surface area contributed by atoms with Crippen molar-refractivity contribution in [2.45, 2.75) is 6.10 Å². The molecule has 1 aliphatic heterocycles. The van der Waals surface area contributed by atoms with Crippen LogP contribution in [0.1, 0.15) is 11.8 Å². The normalized spacial score (nSPS) is 24.3. The van der Waals surface area contributed by atoms with Crippen LogP contribution in [0.15, 0.2) is 12.3 Å². The average Bonchev–Trinajstić information content (AvgIpc) is 2.58. The van der Waals surface area contributed by atoms with Gasteiger partial charge in [0.15, 0.2) is 0 Å². The molecule has 0 bridgehead atoms. The Balaban J connectivity index is 2.35. The standard InChI is InChI=1S/C6H8N2O/c1-8-5(2-3-7-8)6-4-9-6/h2-3,6H,4H2,1H3/t6-/m0/s1. The monoisotopic (exact) mass is 124 g/mol. The summed E-state index contributed by atoms with van der Waals surface area (Å²) >= 11 is 0. The van der Waals surface area contributed by atoms with Crippen LogP contribution in [0, 0.1) is 0 Å². The lowest BCUT2D eigenvalue weighted by Gasteiger charge is -1.92. The number of aryl methyl sites for hydroxylation is 1. The maximum absolute atomic E-state index is 5.07. The van der Waals surface area contributed by atoms with Gasteiger partial charge in [-0.3, -0.25) is 4.68 Å². The molecule has 0 aliphatic carbocycles. The van der Waals surface area contributed by atoms with E-state index >= 15 is 0 Å². The zero-order chi connectivity index (χ0) is 6.27. The second-order valence-electron chi connectivity index (χ2n) is 2.20. The van der Waals surface area contributed by atoms with Gasteiger partial charge in [-0.25, -0.2) is 0 Å². The van der Waals surface area contributed by atoms with Crippen molar-refractivity contribution in [3.05, 3.63) is 18.0 Å². The molecule has 3 nitrogen and oxygen atoms in total. The Labute approximate surface area is 53.2 Å². The summed E-state index contributed by atoms with van der Waals surface area (Å²) in [7, 11) is 1.93. The zero-order valence-corrected chi connectivity index (χ0v) is 5.24. The Kier molecular flexibility index (Phi) is 0.873. The van der Waals surface area contributed by atoms with Crippen LogP contribution < -0.4 is 0 Å². The number of rotatable bonds is 1. The van der Waals surface area contributed by atoms with Gasteiger partial charge in [0.05, 0.1) is 12.3 Å². The van der Waals surface area contributed by atoms with Crippen molar-refractivity contribution in [3.8, 4) is 0 Å². The van der Waals surface area contributed by atoms with E-state index in [4.69, 9.17) is 4.74 Å². The Bertz CT molecular complexity index is 215. The van der Waals surface area contributed by atoms with Crippen molar-refractivity contribution in [2.24, 2.45) is 7.05 Å². The van der Waals surface area contributed by atoms with Crippen LogP contribution in [0.2, 0.25) is 0 Å². The van der Waals surface area contributed by atoms with Crippen molar-refractivity contribution in [1.29, 1.82) is 0 Å². The van der Waals surface area contributed by atoms with Crippen LogP contribution in [0.25, 0.3) is 0 Å². The van der Waals surface area contributed by atoms with Crippen molar-refractivity contribution in [3.63, 3.8) is 0 Å². The highest BCUT2D eigenvalue weighted by Gasteiger charge is 2.27. The van der Waals surface area contributed by atoms with Crippen LogP contribution in [0.5, 0.6) is 0 Å². The molecule has 0 amide bonds. The van der Waals surface area contributed by atoms with E-state index < -0.39 is 0 Å². The maximum Gasteiger partial charge on any atom is 0.122 e. The molecule has 0 radical (unpaired) electrons. The Morgan fingerprint density at radius 3 is 3.11 bits per heavy atom. The summed E-state index contributed by atoms with van der Waals surface area (Å²) in [4.78, 5) is 0. The predicted molar refractivity (Wildman–Crippen MR) is 31.9 cm³/mol. The first-order valence-electron chi connectivity index (χ1n) is 2.97. The third-order valence-electron chi connectivity index (χ3n) is 1.52. The molecule has 48 valence electrons. The number of epoxide rings is 1. The molecule has 0 aromatic carbocycles. The Morgan fingerprint density at radius 1 is 1.89 bits per heavy atom. The van der Waals surface area contributed by atoms with E-state index in [9.17, 15) is 0 Å². The fraction of sp³-hybridized carbons (Fsp3) is 0.500. The van der Waals surface area contributed by atoms with Crippen LogP contribution in [0.3, 0.4) is 0 Å². The van der Waals surface area contributed by atoms with Gasteiger partial charge in [0, 0.05) is 13.2 Å². The fourth-order valence-electron chi connectivity index (χ4n) is 0.919. The first-order valence-corrected chi connectivity index (χ1v) is 2.97. The molecule has 3 heteroatoms. The van der Waals surface area contributed by atoms with Gasteiger partial charge < -0.3 is 4.74 Å². The molecule has 2 rings (SSSR count). The van der Waals surface area contributed by atoms with Gasteiger partial charge in [-0.2, -0.15) is 5.10 Å². The SMILES string of the molecule is Cn1nccc1[C@@H]1CO1. The van der Waals surface area contributed by atoms with E-state index in [2.05, 4.69) is 5.10 Å². The summed E-state index contributed by atoms with van der Waals surface area (Å²) in [5.74, 6) is 0. The summed E-state index contributed by atoms with van der Waals surface area (Å²) in [6, 6.07) is 1.98. The third-order valence-corrected chi connectivity index (χ3v) is 1.52. The highest BCUT2D eigenvalue weighted by molar-refractivity contribution is 5.08. The first-order chi connectivity index (χ1) is 4.38. The molecule has 1 atom stereocenters. The topological polar surface area (TPSA) is 30.4 Å². The van der Waals surface area contributed by atoms with E-state index in [0.29, 0.717) is 6.10 Å². The van der Waals surface area contributed by atoms with Crippen LogP contribution in [-0.2, 0) is 11.8 Å². The van der Waals surface area contributed by atoms with E-state index in [1.807, 2.05) is 17.8 Å². The maximum atomic E-state index is 5.07. The second-order valence-corrected chi connectivity index (χ2v) is 2.20. The lowest BCUT2D eigenvalue weighted by Crippen LogP contribution is -1.95. The second kappa shape index (κ2) is 1.57. The predicted octanol–water partition coefficient (Wildman–Crippen LogP) is 0.491. The van der Waals surface area contributed by atoms with E-state index in [1.54, 1.807) is 6.20 Å². The highest BCUT2D eigenvalue weighted by Crippen LogP contribution is 2.28.